The van der Waals surface area contributed by atoms with Crippen molar-refractivity contribution in [1.82, 2.24) is 0 Å². The SMILES string of the molecule is [2H][Si](OCC)(OCC)OCC. The molecule has 62 valence electrons. The van der Waals surface area contributed by atoms with Crippen LogP contribution in [0.1, 0.15) is 20.8 Å². The lowest BCUT2D eigenvalue weighted by atomic mass is 10.9. The summed E-state index contributed by atoms with van der Waals surface area (Å²) in [6.07, 6.45) is 0. The summed E-state index contributed by atoms with van der Waals surface area (Å²) in [4.78, 5) is 0. The highest BCUT2D eigenvalue weighted by atomic mass is 28.3. The third kappa shape index (κ3) is 4.93. The molecule has 0 unspecified atom stereocenters. The van der Waals surface area contributed by atoms with E-state index in [9.17, 15) is 0 Å². The van der Waals surface area contributed by atoms with Gasteiger partial charge in [0.25, 0.3) is 0 Å². The van der Waals surface area contributed by atoms with E-state index in [4.69, 9.17) is 14.5 Å². The molecule has 0 saturated heterocycles. The highest BCUT2D eigenvalue weighted by molar-refractivity contribution is 6.36. The zero-order chi connectivity index (χ0) is 8.74. The summed E-state index contributed by atoms with van der Waals surface area (Å²) < 4.78 is 22.8. The summed E-state index contributed by atoms with van der Waals surface area (Å²) >= 11 is 0. The molecule has 0 N–H and O–H groups in total. The third-order valence-electron chi connectivity index (χ3n) is 0.787. The molecule has 0 amide bonds. The average Bonchev–Trinajstić information content (AvgIpc) is 1.88. The van der Waals surface area contributed by atoms with E-state index in [1.165, 1.54) is 0 Å². The van der Waals surface area contributed by atoms with Gasteiger partial charge in [-0.1, -0.05) is 0 Å². The molecule has 0 saturated carbocycles. The molecular formula is C6H16O3Si. The molecule has 0 aromatic carbocycles. The lowest BCUT2D eigenvalue weighted by Crippen LogP contribution is -2.27. The molecule has 0 aromatic heterocycles. The van der Waals surface area contributed by atoms with Crippen LogP contribution in [0.4, 0.5) is 0 Å². The van der Waals surface area contributed by atoms with Gasteiger partial charge in [-0.2, -0.15) is 0 Å². The van der Waals surface area contributed by atoms with E-state index in [1.807, 2.05) is 20.8 Å². The Morgan fingerprint density at radius 3 is 1.50 bits per heavy atom. The summed E-state index contributed by atoms with van der Waals surface area (Å²) in [5.41, 5.74) is 0. The van der Waals surface area contributed by atoms with Crippen LogP contribution in [0.15, 0.2) is 0 Å². The molecular weight excluding hydrogens is 148 g/mol. The van der Waals surface area contributed by atoms with Crippen molar-refractivity contribution in [3.8, 4) is 0 Å². The molecule has 0 fully saturated rings. The predicted octanol–water partition coefficient (Wildman–Crippen LogP) is 0.813. The van der Waals surface area contributed by atoms with Crippen LogP contribution < -0.4 is 0 Å². The lowest BCUT2D eigenvalue weighted by Gasteiger charge is -2.12. The molecule has 0 aromatic rings. The van der Waals surface area contributed by atoms with Crippen molar-refractivity contribution in [2.45, 2.75) is 20.8 Å². The van der Waals surface area contributed by atoms with Crippen molar-refractivity contribution in [2.24, 2.45) is 0 Å². The molecule has 0 rings (SSSR count). The Morgan fingerprint density at radius 1 is 1.00 bits per heavy atom. The Hall–Kier alpha value is 0.0969. The first-order valence-electron chi connectivity index (χ1n) is 4.10. The summed E-state index contributed by atoms with van der Waals surface area (Å²) in [6, 6.07) is 0. The third-order valence-corrected chi connectivity index (χ3v) is 2.36. The van der Waals surface area contributed by atoms with Gasteiger partial charge in [-0.25, -0.2) is 0 Å². The van der Waals surface area contributed by atoms with Crippen molar-refractivity contribution >= 4 is 9.46 Å². The van der Waals surface area contributed by atoms with Gasteiger partial charge >= 0.3 is 9.46 Å². The molecule has 0 heterocycles. The average molecular weight is 165 g/mol. The van der Waals surface area contributed by atoms with Crippen LogP contribution in [0.2, 0.25) is 0 Å². The van der Waals surface area contributed by atoms with Gasteiger partial charge in [0.05, 0.1) is 0 Å². The standard InChI is InChI=1S/C6H16O3Si/c1-4-7-10(8-5-2)9-6-3/h10H,4-6H2,1-3H3/i10D. The van der Waals surface area contributed by atoms with Crippen LogP contribution in [-0.2, 0) is 13.3 Å². The quantitative estimate of drug-likeness (QED) is 0.545. The molecule has 3 nitrogen and oxygen atoms in total. The number of hydrogen-bond acceptors (Lipinski definition) is 3. The maximum atomic E-state index is 7.59. The second-order valence-corrected chi connectivity index (χ2v) is 2.92. The smallest absolute Gasteiger partial charge is 0.376 e. The van der Waals surface area contributed by atoms with Gasteiger partial charge in [-0.3, -0.25) is 0 Å². The molecule has 0 aliphatic carbocycles. The zero-order valence-electron chi connectivity index (χ0n) is 7.85. The first-order chi connectivity index (χ1) is 5.18. The minimum Gasteiger partial charge on any atom is -0.376 e. The van der Waals surface area contributed by atoms with E-state index in [0.717, 1.165) is 0 Å². The minimum atomic E-state index is -3.00. The van der Waals surface area contributed by atoms with Crippen LogP contribution in [0.5, 0.6) is 0 Å². The summed E-state index contributed by atoms with van der Waals surface area (Å²) in [7, 11) is -3.00. The largest absolute Gasteiger partial charge is 0.484 e. The van der Waals surface area contributed by atoms with E-state index in [-0.39, 0.29) is 0 Å². The topological polar surface area (TPSA) is 27.7 Å². The Morgan fingerprint density at radius 2 is 1.30 bits per heavy atom. The van der Waals surface area contributed by atoms with Crippen molar-refractivity contribution in [3.05, 3.63) is 0 Å². The van der Waals surface area contributed by atoms with Crippen molar-refractivity contribution in [2.75, 3.05) is 19.8 Å². The summed E-state index contributed by atoms with van der Waals surface area (Å²) in [6.45, 7) is 6.89. The molecule has 0 bridgehead atoms. The van der Waals surface area contributed by atoms with E-state index in [1.54, 1.807) is 0 Å². The van der Waals surface area contributed by atoms with Gasteiger partial charge in [0.1, 0.15) is 1.23 Å². The number of rotatable bonds is 6. The normalized spacial score (nSPS) is 13.3. The lowest BCUT2D eigenvalue weighted by molar-refractivity contribution is 0.107. The summed E-state index contributed by atoms with van der Waals surface area (Å²) in [5.74, 6) is 0. The fourth-order valence-electron chi connectivity index (χ4n) is 0.479. The second kappa shape index (κ2) is 7.21. The summed E-state index contributed by atoms with van der Waals surface area (Å²) in [5, 5.41) is 0. The second-order valence-electron chi connectivity index (χ2n) is 1.55. The fraction of sp³-hybridized carbons (Fsp3) is 1.00. The molecule has 0 spiro atoms. The van der Waals surface area contributed by atoms with Crippen molar-refractivity contribution in [1.29, 1.82) is 1.23 Å². The molecule has 0 aliphatic heterocycles. The van der Waals surface area contributed by atoms with Crippen molar-refractivity contribution < 1.29 is 13.3 Å². The highest BCUT2D eigenvalue weighted by Gasteiger charge is 2.11. The van der Waals surface area contributed by atoms with Crippen LogP contribution in [0, 0.1) is 0 Å². The zero-order valence-corrected chi connectivity index (χ0v) is 7.85. The van der Waals surface area contributed by atoms with E-state index in [2.05, 4.69) is 0 Å². The van der Waals surface area contributed by atoms with Crippen LogP contribution >= 0.6 is 0 Å². The number of hydrogen-bond donors (Lipinski definition) is 0. The Labute approximate surface area is 65.5 Å². The predicted molar refractivity (Wildman–Crippen MR) is 42.0 cm³/mol. The van der Waals surface area contributed by atoms with E-state index >= 15 is 0 Å². The minimum absolute atomic E-state index is 0.468. The van der Waals surface area contributed by atoms with Gasteiger partial charge in [0, 0.05) is 19.8 Å². The molecule has 0 atom stereocenters. The van der Waals surface area contributed by atoms with E-state index < -0.39 is 9.46 Å². The monoisotopic (exact) mass is 165 g/mol. The molecule has 4 heteroatoms. The Bertz CT molecular complexity index is 84.8. The van der Waals surface area contributed by atoms with Gasteiger partial charge in [-0.15, -0.1) is 0 Å². The Balaban J connectivity index is 3.79. The fourth-order valence-corrected chi connectivity index (χ4v) is 1.44. The Kier molecular flexibility index (Phi) is 5.91. The van der Waals surface area contributed by atoms with Crippen molar-refractivity contribution in [3.63, 3.8) is 0 Å². The van der Waals surface area contributed by atoms with Crippen LogP contribution in [-0.4, -0.2) is 30.5 Å². The molecule has 10 heavy (non-hydrogen) atoms. The first kappa shape index (κ1) is 8.20. The van der Waals surface area contributed by atoms with Gasteiger partial charge < -0.3 is 13.3 Å². The molecule has 0 aliphatic rings. The highest BCUT2D eigenvalue weighted by Crippen LogP contribution is 1.90. The van der Waals surface area contributed by atoms with Crippen LogP contribution in [0.3, 0.4) is 0 Å². The van der Waals surface area contributed by atoms with Gasteiger partial charge in [0.2, 0.25) is 0 Å². The van der Waals surface area contributed by atoms with E-state index in [0.29, 0.717) is 19.8 Å². The maximum absolute atomic E-state index is 7.59. The van der Waals surface area contributed by atoms with Crippen LogP contribution in [0.25, 0.3) is 0 Å². The van der Waals surface area contributed by atoms with Gasteiger partial charge in [0.15, 0.2) is 0 Å². The maximum Gasteiger partial charge on any atom is 0.484 e. The first-order valence-corrected chi connectivity index (χ1v) is 4.82. The molecule has 0 radical (unpaired) electrons. The van der Waals surface area contributed by atoms with Gasteiger partial charge in [-0.05, 0) is 20.8 Å².